The normalized spacial score (nSPS) is 13.3. The highest BCUT2D eigenvalue weighted by Crippen LogP contribution is 2.44. The van der Waals surface area contributed by atoms with Crippen LogP contribution < -0.4 is 27.0 Å². The van der Waals surface area contributed by atoms with Crippen LogP contribution in [0.4, 0.5) is 21.0 Å². The molecule has 7 N–H and O–H groups in total. The van der Waals surface area contributed by atoms with Crippen molar-refractivity contribution in [3.8, 4) is 11.1 Å². The number of urea groups is 1. The summed E-state index contributed by atoms with van der Waals surface area (Å²) in [6.07, 6.45) is -0.307. The zero-order chi connectivity index (χ0) is 40.4. The highest BCUT2D eigenvalue weighted by atomic mass is 16.6. The Hall–Kier alpha value is -6.77. The first-order valence-electron chi connectivity index (χ1n) is 18.1. The molecule has 1 aliphatic rings. The first kappa shape index (κ1) is 40.4. The van der Waals surface area contributed by atoms with E-state index in [1.165, 1.54) is 24.3 Å². The molecule has 0 aliphatic heterocycles. The topological polar surface area (TPSA) is 232 Å². The van der Waals surface area contributed by atoms with Crippen molar-refractivity contribution in [2.45, 2.75) is 57.0 Å². The molecule has 4 aromatic carbocycles. The van der Waals surface area contributed by atoms with E-state index in [9.17, 15) is 39.2 Å². The molecule has 0 saturated carbocycles. The fraction of sp³-hybridized carbons (Fsp3) is 0.293. The van der Waals surface area contributed by atoms with Crippen LogP contribution in [0, 0.1) is 16.0 Å². The molecule has 0 heterocycles. The highest BCUT2D eigenvalue weighted by Gasteiger charge is 2.32. The van der Waals surface area contributed by atoms with Crippen molar-refractivity contribution < 1.29 is 38.7 Å². The van der Waals surface area contributed by atoms with Gasteiger partial charge in [-0.05, 0) is 70.7 Å². The Morgan fingerprint density at radius 2 is 1.45 bits per heavy atom. The molecule has 1 aliphatic carbocycles. The number of fused-ring (bicyclic) bond motifs is 3. The molecule has 0 spiro atoms. The summed E-state index contributed by atoms with van der Waals surface area (Å²) in [6, 6.07) is 24.8. The number of nitrogens with two attached hydrogens (primary N) is 1. The van der Waals surface area contributed by atoms with Gasteiger partial charge in [0, 0.05) is 30.3 Å². The summed E-state index contributed by atoms with van der Waals surface area (Å²) in [4.78, 5) is 74.1. The van der Waals surface area contributed by atoms with Crippen LogP contribution in [0.3, 0.4) is 0 Å². The summed E-state index contributed by atoms with van der Waals surface area (Å²) in [5.41, 5.74) is 10.7. The lowest BCUT2D eigenvalue weighted by Crippen LogP contribution is -2.54. The molecule has 0 bridgehead atoms. The van der Waals surface area contributed by atoms with E-state index in [0.717, 1.165) is 22.3 Å². The van der Waals surface area contributed by atoms with Gasteiger partial charge in [0.1, 0.15) is 18.7 Å². The van der Waals surface area contributed by atoms with Crippen molar-refractivity contribution in [2.24, 2.45) is 11.7 Å². The molecule has 0 radical (unpaired) electrons. The quantitative estimate of drug-likeness (QED) is 0.0456. The van der Waals surface area contributed by atoms with Crippen molar-refractivity contribution in [2.75, 3.05) is 18.5 Å². The Morgan fingerprint density at radius 1 is 0.839 bits per heavy atom. The van der Waals surface area contributed by atoms with Gasteiger partial charge in [-0.1, -0.05) is 86.6 Å². The van der Waals surface area contributed by atoms with Crippen LogP contribution in [0.5, 0.6) is 0 Å². The zero-order valence-electron chi connectivity index (χ0n) is 30.9. The van der Waals surface area contributed by atoms with E-state index in [-0.39, 0.29) is 49.9 Å². The lowest BCUT2D eigenvalue weighted by atomic mass is 9.92. The van der Waals surface area contributed by atoms with Crippen molar-refractivity contribution in [1.82, 2.24) is 16.0 Å². The zero-order valence-corrected chi connectivity index (χ0v) is 30.9. The van der Waals surface area contributed by atoms with E-state index in [1.54, 1.807) is 38.1 Å². The lowest BCUT2D eigenvalue weighted by molar-refractivity contribution is -0.384. The van der Waals surface area contributed by atoms with Gasteiger partial charge in [0.25, 0.3) is 5.69 Å². The molecule has 0 saturated heterocycles. The van der Waals surface area contributed by atoms with E-state index in [0.29, 0.717) is 16.8 Å². The molecular formula is C41H44N6O9. The molecule has 3 atom stereocenters. The van der Waals surface area contributed by atoms with Crippen LogP contribution in [0.2, 0.25) is 0 Å². The van der Waals surface area contributed by atoms with Gasteiger partial charge in [-0.15, -0.1) is 0 Å². The van der Waals surface area contributed by atoms with Crippen molar-refractivity contribution in [3.63, 3.8) is 0 Å². The average molecular weight is 765 g/mol. The second-order valence-electron chi connectivity index (χ2n) is 13.8. The third-order valence-corrected chi connectivity index (χ3v) is 9.63. The number of nitro benzene ring substituents is 1. The fourth-order valence-electron chi connectivity index (χ4n) is 6.72. The summed E-state index contributed by atoms with van der Waals surface area (Å²) in [5.74, 6) is -3.82. The van der Waals surface area contributed by atoms with Gasteiger partial charge in [0.05, 0.1) is 10.8 Å². The number of carbonyl (C=O) groups is 5. The summed E-state index contributed by atoms with van der Waals surface area (Å²) in [6.45, 7) is 3.70. The number of hydrogen-bond donors (Lipinski definition) is 6. The van der Waals surface area contributed by atoms with E-state index in [1.807, 2.05) is 48.5 Å². The van der Waals surface area contributed by atoms with Crippen LogP contribution in [0.1, 0.15) is 60.8 Å². The van der Waals surface area contributed by atoms with Crippen molar-refractivity contribution in [1.29, 1.82) is 0 Å². The molecule has 4 aromatic rings. The van der Waals surface area contributed by atoms with E-state index < -0.39 is 52.8 Å². The first-order chi connectivity index (χ1) is 26.8. The Balaban J connectivity index is 1.22. The SMILES string of the molecule is CC(C)C(NC(=O)OCC1c2ccccc2-c2ccccc21)C(=O)NC(CCCNC(N)=O)C(=O)Nc1ccc(CC(C(=O)O)c2ccc([N+](=O)[O-])cc2)cc1. The number of carbonyl (C=O) groups excluding carboxylic acids is 4. The van der Waals surface area contributed by atoms with Gasteiger partial charge in [0.15, 0.2) is 0 Å². The Labute approximate surface area is 323 Å². The number of rotatable bonds is 17. The van der Waals surface area contributed by atoms with Crippen LogP contribution in [-0.4, -0.2) is 65.2 Å². The standard InChI is InChI=1S/C41H44N6O9/c1-24(2)36(46-41(53)56-23-34-31-10-5-3-8-29(31)30-9-4-6-11-32(30)34)38(49)45-35(12-7-21-43-40(42)52)37(48)44-27-17-13-25(14-18-27)22-33(39(50)51)26-15-19-28(20-16-26)47(54)55/h3-6,8-11,13-20,24,33-36H,7,12,21-23H2,1-2H3,(H,44,48)(H,45,49)(H,46,53)(H,50,51)(H3,42,43,52). The minimum Gasteiger partial charge on any atom is -0.481 e. The second-order valence-corrected chi connectivity index (χ2v) is 13.8. The van der Waals surface area contributed by atoms with Crippen molar-refractivity contribution in [3.05, 3.63) is 129 Å². The smallest absolute Gasteiger partial charge is 0.407 e. The van der Waals surface area contributed by atoms with Gasteiger partial charge < -0.3 is 36.8 Å². The lowest BCUT2D eigenvalue weighted by Gasteiger charge is -2.25. The van der Waals surface area contributed by atoms with E-state index in [2.05, 4.69) is 21.3 Å². The minimum absolute atomic E-state index is 0.0526. The predicted octanol–water partition coefficient (Wildman–Crippen LogP) is 5.44. The highest BCUT2D eigenvalue weighted by molar-refractivity contribution is 5.98. The maximum absolute atomic E-state index is 13.7. The Kier molecular flexibility index (Phi) is 13.4. The first-order valence-corrected chi connectivity index (χ1v) is 18.1. The third-order valence-electron chi connectivity index (χ3n) is 9.63. The molecule has 5 amide bonds. The molecular weight excluding hydrogens is 720 g/mol. The summed E-state index contributed by atoms with van der Waals surface area (Å²) in [5, 5.41) is 31.5. The molecule has 15 nitrogen and oxygen atoms in total. The molecule has 5 rings (SSSR count). The number of nitrogens with one attached hydrogen (secondary N) is 4. The van der Waals surface area contributed by atoms with Crippen LogP contribution >= 0.6 is 0 Å². The van der Waals surface area contributed by atoms with E-state index in [4.69, 9.17) is 10.5 Å². The molecule has 15 heteroatoms. The summed E-state index contributed by atoms with van der Waals surface area (Å²) >= 11 is 0. The maximum Gasteiger partial charge on any atom is 0.407 e. The molecule has 0 aromatic heterocycles. The molecule has 292 valence electrons. The number of non-ortho nitro benzene ring substituents is 1. The maximum atomic E-state index is 13.7. The number of nitro groups is 1. The number of anilines is 1. The second kappa shape index (κ2) is 18.5. The number of aliphatic carboxylic acids is 1. The number of carboxylic acids is 1. The van der Waals surface area contributed by atoms with Gasteiger partial charge in [0.2, 0.25) is 11.8 Å². The number of primary amides is 1. The Bertz CT molecular complexity index is 2030. The van der Waals surface area contributed by atoms with Gasteiger partial charge >= 0.3 is 18.1 Å². The number of benzene rings is 4. The van der Waals surface area contributed by atoms with Crippen molar-refractivity contribution >= 4 is 41.3 Å². The Morgan fingerprint density at radius 3 is 2.00 bits per heavy atom. The van der Waals surface area contributed by atoms with Gasteiger partial charge in [-0.2, -0.15) is 0 Å². The predicted molar refractivity (Wildman–Crippen MR) is 208 cm³/mol. The van der Waals surface area contributed by atoms with Gasteiger partial charge in [-0.25, -0.2) is 9.59 Å². The van der Waals surface area contributed by atoms with Crippen LogP contribution in [0.15, 0.2) is 97.1 Å². The molecule has 3 unspecified atom stereocenters. The van der Waals surface area contributed by atoms with Crippen LogP contribution in [-0.2, 0) is 25.5 Å². The molecule has 0 fully saturated rings. The summed E-state index contributed by atoms with van der Waals surface area (Å²) in [7, 11) is 0. The number of alkyl carbamates (subject to hydrolysis) is 1. The summed E-state index contributed by atoms with van der Waals surface area (Å²) < 4.78 is 5.67. The van der Waals surface area contributed by atoms with Crippen LogP contribution in [0.25, 0.3) is 11.1 Å². The minimum atomic E-state index is -1.10. The average Bonchev–Trinajstić information content (AvgIpc) is 3.50. The van der Waals surface area contributed by atoms with Gasteiger partial charge in [-0.3, -0.25) is 24.5 Å². The number of nitrogens with zero attached hydrogens (tertiary/aromatic N) is 1. The fourth-order valence-corrected chi connectivity index (χ4v) is 6.72. The number of amides is 5. The van der Waals surface area contributed by atoms with E-state index >= 15 is 0 Å². The number of hydrogen-bond acceptors (Lipinski definition) is 8. The third kappa shape index (κ3) is 10.3. The number of carboxylic acid groups (broad SMARTS) is 1. The monoisotopic (exact) mass is 764 g/mol. The number of ether oxygens (including phenoxy) is 1. The largest absolute Gasteiger partial charge is 0.481 e. The molecule has 56 heavy (non-hydrogen) atoms.